The molecular formula is C23H27N3O2S. The molecule has 29 heavy (non-hydrogen) atoms. The third-order valence-electron chi connectivity index (χ3n) is 5.59. The molecule has 6 heteroatoms. The lowest BCUT2D eigenvalue weighted by atomic mass is 10.1. The van der Waals surface area contributed by atoms with Crippen molar-refractivity contribution in [1.82, 2.24) is 5.32 Å². The molecule has 0 aliphatic carbocycles. The van der Waals surface area contributed by atoms with Crippen LogP contribution in [0.25, 0.3) is 0 Å². The van der Waals surface area contributed by atoms with E-state index >= 15 is 0 Å². The van der Waals surface area contributed by atoms with Gasteiger partial charge in [-0.3, -0.25) is 9.59 Å². The Morgan fingerprint density at radius 1 is 1.00 bits per heavy atom. The number of nitrogens with zero attached hydrogens (tertiary/aromatic N) is 2. The molecule has 0 bridgehead atoms. The molecule has 0 aromatic heterocycles. The maximum Gasteiger partial charge on any atom is 0.227 e. The number of anilines is 2. The lowest BCUT2D eigenvalue weighted by molar-refractivity contribution is -0.125. The van der Waals surface area contributed by atoms with Gasteiger partial charge in [-0.1, -0.05) is 30.3 Å². The molecule has 2 heterocycles. The highest BCUT2D eigenvalue weighted by Gasteiger charge is 2.24. The summed E-state index contributed by atoms with van der Waals surface area (Å²) >= 11 is 1.78. The number of carbonyl (C=O) groups excluding carboxylic acids is 2. The van der Waals surface area contributed by atoms with E-state index in [0.29, 0.717) is 19.0 Å². The number of amides is 2. The molecule has 1 N–H and O–H groups in total. The Balaban J connectivity index is 1.21. The van der Waals surface area contributed by atoms with Crippen LogP contribution in [-0.2, 0) is 9.59 Å². The van der Waals surface area contributed by atoms with Crippen molar-refractivity contribution in [3.63, 3.8) is 0 Å². The maximum atomic E-state index is 12.7. The van der Waals surface area contributed by atoms with Gasteiger partial charge in [-0.25, -0.2) is 0 Å². The Morgan fingerprint density at radius 2 is 1.79 bits per heavy atom. The summed E-state index contributed by atoms with van der Waals surface area (Å²) in [6.07, 6.45) is 1.59. The third-order valence-corrected chi connectivity index (χ3v) is 6.63. The molecule has 2 aromatic rings. The molecule has 1 unspecified atom stereocenters. The molecule has 2 aromatic carbocycles. The number of rotatable bonds is 6. The summed E-state index contributed by atoms with van der Waals surface area (Å²) in [5.74, 6) is 1.36. The highest BCUT2D eigenvalue weighted by atomic mass is 32.2. The van der Waals surface area contributed by atoms with E-state index in [1.807, 2.05) is 35.2 Å². The second kappa shape index (κ2) is 9.35. The van der Waals surface area contributed by atoms with Crippen molar-refractivity contribution in [1.29, 1.82) is 0 Å². The van der Waals surface area contributed by atoms with Crippen molar-refractivity contribution < 1.29 is 9.59 Å². The quantitative estimate of drug-likeness (QED) is 0.793. The van der Waals surface area contributed by atoms with Gasteiger partial charge in [0.2, 0.25) is 11.8 Å². The van der Waals surface area contributed by atoms with E-state index in [9.17, 15) is 9.59 Å². The van der Waals surface area contributed by atoms with Crippen molar-refractivity contribution in [2.24, 2.45) is 5.92 Å². The summed E-state index contributed by atoms with van der Waals surface area (Å²) in [7, 11) is 0. The molecule has 1 fully saturated rings. The molecule has 4 rings (SSSR count). The minimum atomic E-state index is -0.0313. The standard InChI is InChI=1S/C23H27N3O2S/c27-22(24-16-18-12-13-25(17-18)19-6-2-1-3-7-19)10-11-23(28)26-14-15-29-21-9-5-4-8-20(21)26/h1-9,18H,10-17H2,(H,24,27). The van der Waals surface area contributed by atoms with Gasteiger partial charge in [-0.05, 0) is 36.6 Å². The van der Waals surface area contributed by atoms with Gasteiger partial charge in [0.1, 0.15) is 0 Å². The van der Waals surface area contributed by atoms with Gasteiger partial charge in [0.05, 0.1) is 5.69 Å². The van der Waals surface area contributed by atoms with Crippen molar-refractivity contribution in [2.45, 2.75) is 24.2 Å². The van der Waals surface area contributed by atoms with E-state index in [1.54, 1.807) is 11.8 Å². The Hall–Kier alpha value is -2.47. The number of benzene rings is 2. The SMILES string of the molecule is O=C(CCC(=O)N1CCSc2ccccc21)NCC1CCN(c2ccccc2)C1. The van der Waals surface area contributed by atoms with E-state index in [2.05, 4.69) is 34.5 Å². The van der Waals surface area contributed by atoms with Crippen LogP contribution < -0.4 is 15.1 Å². The van der Waals surface area contributed by atoms with E-state index in [0.717, 1.165) is 35.8 Å². The highest BCUT2D eigenvalue weighted by molar-refractivity contribution is 7.99. The molecule has 0 radical (unpaired) electrons. The van der Waals surface area contributed by atoms with Gasteiger partial charge in [-0.2, -0.15) is 0 Å². The van der Waals surface area contributed by atoms with Crippen LogP contribution in [0, 0.1) is 5.92 Å². The van der Waals surface area contributed by atoms with Crippen LogP contribution in [0.4, 0.5) is 11.4 Å². The first-order valence-electron chi connectivity index (χ1n) is 10.3. The predicted molar refractivity (Wildman–Crippen MR) is 119 cm³/mol. The molecule has 152 valence electrons. The number of carbonyl (C=O) groups is 2. The lowest BCUT2D eigenvalue weighted by Gasteiger charge is -2.29. The Labute approximate surface area is 176 Å². The average molecular weight is 410 g/mol. The van der Waals surface area contributed by atoms with Crippen LogP contribution in [0.15, 0.2) is 59.5 Å². The summed E-state index contributed by atoms with van der Waals surface area (Å²) in [4.78, 5) is 30.3. The molecule has 5 nitrogen and oxygen atoms in total. The Morgan fingerprint density at radius 3 is 2.66 bits per heavy atom. The molecule has 2 amide bonds. The second-order valence-electron chi connectivity index (χ2n) is 7.60. The van der Waals surface area contributed by atoms with E-state index in [4.69, 9.17) is 0 Å². The fraction of sp³-hybridized carbons (Fsp3) is 0.391. The Kier molecular flexibility index (Phi) is 6.39. The van der Waals surface area contributed by atoms with Gasteiger partial charge in [0.15, 0.2) is 0 Å². The zero-order chi connectivity index (χ0) is 20.1. The average Bonchev–Trinajstić information content (AvgIpc) is 3.25. The number of para-hydroxylation sites is 2. The number of hydrogen-bond donors (Lipinski definition) is 1. The molecule has 0 spiro atoms. The van der Waals surface area contributed by atoms with Gasteiger partial charge in [0, 0.05) is 55.4 Å². The van der Waals surface area contributed by atoms with Crippen LogP contribution in [0.1, 0.15) is 19.3 Å². The molecule has 1 atom stereocenters. The normalized spacial score (nSPS) is 18.4. The highest BCUT2D eigenvalue weighted by Crippen LogP contribution is 2.34. The molecule has 2 aliphatic rings. The number of hydrogen-bond acceptors (Lipinski definition) is 4. The smallest absolute Gasteiger partial charge is 0.227 e. The fourth-order valence-corrected chi connectivity index (χ4v) is 5.00. The van der Waals surface area contributed by atoms with E-state index in [-0.39, 0.29) is 24.7 Å². The molecule has 2 aliphatic heterocycles. The van der Waals surface area contributed by atoms with Gasteiger partial charge < -0.3 is 15.1 Å². The summed E-state index contributed by atoms with van der Waals surface area (Å²) in [6, 6.07) is 18.4. The number of fused-ring (bicyclic) bond motifs is 1. The van der Waals surface area contributed by atoms with Crippen molar-refractivity contribution >= 4 is 35.0 Å². The molecule has 0 saturated carbocycles. The van der Waals surface area contributed by atoms with Crippen molar-refractivity contribution in [2.75, 3.05) is 41.7 Å². The minimum Gasteiger partial charge on any atom is -0.371 e. The first-order valence-corrected chi connectivity index (χ1v) is 11.3. The van der Waals surface area contributed by atoms with Gasteiger partial charge in [-0.15, -0.1) is 11.8 Å². The van der Waals surface area contributed by atoms with Crippen LogP contribution in [0.3, 0.4) is 0 Å². The first-order chi connectivity index (χ1) is 14.2. The lowest BCUT2D eigenvalue weighted by Crippen LogP contribution is -2.36. The van der Waals surface area contributed by atoms with Gasteiger partial charge in [0.25, 0.3) is 0 Å². The summed E-state index contributed by atoms with van der Waals surface area (Å²) in [5.41, 5.74) is 2.22. The van der Waals surface area contributed by atoms with E-state index in [1.165, 1.54) is 5.69 Å². The topological polar surface area (TPSA) is 52.7 Å². The summed E-state index contributed by atoms with van der Waals surface area (Å²) in [5, 5.41) is 3.03. The van der Waals surface area contributed by atoms with Crippen LogP contribution in [0.2, 0.25) is 0 Å². The number of thioether (sulfide) groups is 1. The largest absolute Gasteiger partial charge is 0.371 e. The van der Waals surface area contributed by atoms with Crippen molar-refractivity contribution in [3.05, 3.63) is 54.6 Å². The molecular weight excluding hydrogens is 382 g/mol. The maximum absolute atomic E-state index is 12.7. The van der Waals surface area contributed by atoms with E-state index < -0.39 is 0 Å². The Bertz CT molecular complexity index is 858. The predicted octanol–water partition coefficient (Wildman–Crippen LogP) is 3.55. The zero-order valence-electron chi connectivity index (χ0n) is 16.5. The second-order valence-corrected chi connectivity index (χ2v) is 8.74. The van der Waals surface area contributed by atoms with Crippen molar-refractivity contribution in [3.8, 4) is 0 Å². The monoisotopic (exact) mass is 409 g/mol. The fourth-order valence-electron chi connectivity index (χ4n) is 4.00. The van der Waals surface area contributed by atoms with Crippen LogP contribution >= 0.6 is 11.8 Å². The van der Waals surface area contributed by atoms with Gasteiger partial charge >= 0.3 is 0 Å². The third kappa shape index (κ3) is 4.93. The molecule has 1 saturated heterocycles. The summed E-state index contributed by atoms with van der Waals surface area (Å²) in [6.45, 7) is 3.37. The number of nitrogens with one attached hydrogen (secondary N) is 1. The van der Waals surface area contributed by atoms with Crippen LogP contribution in [0.5, 0.6) is 0 Å². The summed E-state index contributed by atoms with van der Waals surface area (Å²) < 4.78 is 0. The first kappa shape index (κ1) is 19.8. The van der Waals surface area contributed by atoms with Crippen LogP contribution in [-0.4, -0.2) is 43.7 Å². The zero-order valence-corrected chi connectivity index (χ0v) is 17.4. The minimum absolute atomic E-state index is 0.0313.